The molecule has 0 spiro atoms. The minimum atomic E-state index is -0.279. The molecule has 0 atom stereocenters. The summed E-state index contributed by atoms with van der Waals surface area (Å²) in [5.41, 5.74) is 2.10. The number of aromatic nitrogens is 1. The van der Waals surface area contributed by atoms with Crippen LogP contribution < -0.4 is 24.3 Å². The number of hydrogen-bond donors (Lipinski definition) is 1. The zero-order chi connectivity index (χ0) is 21.0. The Kier molecular flexibility index (Phi) is 6.23. The van der Waals surface area contributed by atoms with Crippen molar-refractivity contribution in [3.63, 3.8) is 0 Å². The lowest BCUT2D eigenvalue weighted by Gasteiger charge is -2.09. The SMILES string of the molecule is COc1ccc(C(=O)Nc2nc(-c3ccc(OC)c(OC)c3)c(C)s2)cc1OC. The van der Waals surface area contributed by atoms with Gasteiger partial charge in [0.1, 0.15) is 0 Å². The Hall–Kier alpha value is -3.26. The number of benzene rings is 2. The van der Waals surface area contributed by atoms with Crippen molar-refractivity contribution in [2.24, 2.45) is 0 Å². The maximum absolute atomic E-state index is 12.6. The summed E-state index contributed by atoms with van der Waals surface area (Å²) < 4.78 is 21.1. The summed E-state index contributed by atoms with van der Waals surface area (Å²) >= 11 is 1.40. The molecule has 0 saturated heterocycles. The van der Waals surface area contributed by atoms with E-state index >= 15 is 0 Å². The third-order valence-corrected chi connectivity index (χ3v) is 5.21. The van der Waals surface area contributed by atoms with Gasteiger partial charge in [0, 0.05) is 16.0 Å². The van der Waals surface area contributed by atoms with E-state index in [1.165, 1.54) is 18.4 Å². The molecule has 0 aliphatic heterocycles. The molecule has 0 fully saturated rings. The first-order chi connectivity index (χ1) is 14.0. The molecular weight excluding hydrogens is 392 g/mol. The first kappa shape index (κ1) is 20.5. The Morgan fingerprint density at radius 3 is 2.07 bits per heavy atom. The van der Waals surface area contributed by atoms with Gasteiger partial charge in [0.2, 0.25) is 0 Å². The van der Waals surface area contributed by atoms with E-state index in [9.17, 15) is 4.79 Å². The lowest BCUT2D eigenvalue weighted by atomic mass is 10.1. The molecule has 0 unspecified atom stereocenters. The average Bonchev–Trinajstić information content (AvgIpc) is 3.12. The van der Waals surface area contributed by atoms with Gasteiger partial charge in [-0.25, -0.2) is 4.98 Å². The number of carbonyl (C=O) groups is 1. The zero-order valence-electron chi connectivity index (χ0n) is 16.9. The van der Waals surface area contributed by atoms with Crippen molar-refractivity contribution in [1.82, 2.24) is 4.98 Å². The van der Waals surface area contributed by atoms with Gasteiger partial charge in [0.25, 0.3) is 5.91 Å². The molecular formula is C21H22N2O5S. The number of hydrogen-bond acceptors (Lipinski definition) is 7. The van der Waals surface area contributed by atoms with Crippen LogP contribution in [-0.2, 0) is 0 Å². The van der Waals surface area contributed by atoms with Crippen molar-refractivity contribution < 1.29 is 23.7 Å². The zero-order valence-corrected chi connectivity index (χ0v) is 17.7. The van der Waals surface area contributed by atoms with Gasteiger partial charge in [0.15, 0.2) is 28.1 Å². The first-order valence-electron chi connectivity index (χ1n) is 8.74. The quantitative estimate of drug-likeness (QED) is 0.617. The van der Waals surface area contributed by atoms with Crippen LogP contribution in [-0.4, -0.2) is 39.3 Å². The number of rotatable bonds is 7. The largest absolute Gasteiger partial charge is 0.493 e. The Balaban J connectivity index is 1.85. The summed E-state index contributed by atoms with van der Waals surface area (Å²) in [4.78, 5) is 18.2. The number of nitrogens with zero attached hydrogens (tertiary/aromatic N) is 1. The Bertz CT molecular complexity index is 1030. The van der Waals surface area contributed by atoms with E-state index in [0.29, 0.717) is 33.7 Å². The highest BCUT2D eigenvalue weighted by atomic mass is 32.1. The van der Waals surface area contributed by atoms with E-state index in [4.69, 9.17) is 18.9 Å². The van der Waals surface area contributed by atoms with Crippen LogP contribution in [0, 0.1) is 6.92 Å². The molecule has 1 heterocycles. The number of methoxy groups -OCH3 is 4. The molecule has 8 heteroatoms. The standard InChI is InChI=1S/C21H22N2O5S/c1-12-19(13-6-8-15(25-2)17(10-13)27-4)22-21(29-12)23-20(24)14-7-9-16(26-3)18(11-14)28-5/h6-11H,1-5H3,(H,22,23,24). The molecule has 3 rings (SSSR count). The molecule has 152 valence electrons. The van der Waals surface area contributed by atoms with Gasteiger partial charge in [-0.1, -0.05) is 0 Å². The number of carbonyl (C=O) groups excluding carboxylic acids is 1. The average molecular weight is 414 g/mol. The molecule has 0 saturated carbocycles. The third kappa shape index (κ3) is 4.27. The topological polar surface area (TPSA) is 78.9 Å². The van der Waals surface area contributed by atoms with Crippen LogP contribution in [0.4, 0.5) is 5.13 Å². The number of anilines is 1. The summed E-state index contributed by atoms with van der Waals surface area (Å²) in [5.74, 6) is 2.03. The molecule has 29 heavy (non-hydrogen) atoms. The van der Waals surface area contributed by atoms with E-state index in [-0.39, 0.29) is 5.91 Å². The summed E-state index contributed by atoms with van der Waals surface area (Å²) in [7, 11) is 6.25. The highest BCUT2D eigenvalue weighted by Gasteiger charge is 2.16. The number of amides is 1. The molecule has 0 radical (unpaired) electrons. The second-order valence-corrected chi connectivity index (χ2v) is 7.22. The molecule has 0 bridgehead atoms. The second-order valence-electron chi connectivity index (χ2n) is 6.02. The van der Waals surface area contributed by atoms with Crippen molar-refractivity contribution >= 4 is 22.4 Å². The second kappa shape index (κ2) is 8.83. The minimum absolute atomic E-state index is 0.279. The van der Waals surface area contributed by atoms with Crippen molar-refractivity contribution in [3.8, 4) is 34.3 Å². The van der Waals surface area contributed by atoms with Crippen LogP contribution in [0.15, 0.2) is 36.4 Å². The van der Waals surface area contributed by atoms with Crippen LogP contribution in [0.2, 0.25) is 0 Å². The van der Waals surface area contributed by atoms with E-state index < -0.39 is 0 Å². The highest BCUT2D eigenvalue weighted by molar-refractivity contribution is 7.16. The Morgan fingerprint density at radius 2 is 1.45 bits per heavy atom. The molecule has 7 nitrogen and oxygen atoms in total. The fraction of sp³-hybridized carbons (Fsp3) is 0.238. The third-order valence-electron chi connectivity index (χ3n) is 4.32. The predicted molar refractivity (Wildman–Crippen MR) is 113 cm³/mol. The van der Waals surface area contributed by atoms with Crippen LogP contribution in [0.25, 0.3) is 11.3 Å². The van der Waals surface area contributed by atoms with Gasteiger partial charge in [0.05, 0.1) is 34.1 Å². The summed E-state index contributed by atoms with van der Waals surface area (Å²) in [6.45, 7) is 1.95. The van der Waals surface area contributed by atoms with E-state index in [2.05, 4.69) is 10.3 Å². The fourth-order valence-corrected chi connectivity index (χ4v) is 3.68. The first-order valence-corrected chi connectivity index (χ1v) is 9.55. The molecule has 1 amide bonds. The molecule has 3 aromatic rings. The number of thiazole rings is 1. The maximum Gasteiger partial charge on any atom is 0.257 e. The summed E-state index contributed by atoms with van der Waals surface area (Å²) in [6.07, 6.45) is 0. The van der Waals surface area contributed by atoms with Gasteiger partial charge in [-0.05, 0) is 43.3 Å². The van der Waals surface area contributed by atoms with Crippen LogP contribution in [0.1, 0.15) is 15.2 Å². The molecule has 1 aromatic heterocycles. The van der Waals surface area contributed by atoms with E-state index in [1.807, 2.05) is 25.1 Å². The lowest BCUT2D eigenvalue weighted by molar-refractivity contribution is 0.102. The van der Waals surface area contributed by atoms with Crippen LogP contribution in [0.3, 0.4) is 0 Å². The lowest BCUT2D eigenvalue weighted by Crippen LogP contribution is -2.12. The normalized spacial score (nSPS) is 10.4. The summed E-state index contributed by atoms with van der Waals surface area (Å²) in [5, 5.41) is 3.35. The van der Waals surface area contributed by atoms with Crippen LogP contribution >= 0.6 is 11.3 Å². The van der Waals surface area contributed by atoms with Crippen LogP contribution in [0.5, 0.6) is 23.0 Å². The fourth-order valence-electron chi connectivity index (χ4n) is 2.85. The van der Waals surface area contributed by atoms with Crippen molar-refractivity contribution in [2.45, 2.75) is 6.92 Å². The number of aryl methyl sites for hydroxylation is 1. The van der Waals surface area contributed by atoms with Gasteiger partial charge in [-0.2, -0.15) is 0 Å². The molecule has 2 aromatic carbocycles. The molecule has 0 aliphatic carbocycles. The van der Waals surface area contributed by atoms with Crippen molar-refractivity contribution in [3.05, 3.63) is 46.8 Å². The van der Waals surface area contributed by atoms with Gasteiger partial charge < -0.3 is 18.9 Å². The van der Waals surface area contributed by atoms with Crippen molar-refractivity contribution in [1.29, 1.82) is 0 Å². The smallest absolute Gasteiger partial charge is 0.257 e. The minimum Gasteiger partial charge on any atom is -0.493 e. The van der Waals surface area contributed by atoms with E-state index in [1.54, 1.807) is 39.5 Å². The van der Waals surface area contributed by atoms with Gasteiger partial charge in [-0.15, -0.1) is 11.3 Å². The van der Waals surface area contributed by atoms with Crippen molar-refractivity contribution in [2.75, 3.05) is 33.8 Å². The Morgan fingerprint density at radius 1 is 0.862 bits per heavy atom. The molecule has 0 aliphatic rings. The summed E-state index contributed by atoms with van der Waals surface area (Å²) in [6, 6.07) is 10.6. The number of nitrogens with one attached hydrogen (secondary N) is 1. The monoisotopic (exact) mass is 414 g/mol. The van der Waals surface area contributed by atoms with Gasteiger partial charge >= 0.3 is 0 Å². The Labute approximate surface area is 173 Å². The highest BCUT2D eigenvalue weighted by Crippen LogP contribution is 2.36. The number of ether oxygens (including phenoxy) is 4. The molecule has 1 N–H and O–H groups in total. The van der Waals surface area contributed by atoms with Gasteiger partial charge in [-0.3, -0.25) is 10.1 Å². The maximum atomic E-state index is 12.6. The predicted octanol–water partition coefficient (Wildman–Crippen LogP) is 4.41. The van der Waals surface area contributed by atoms with E-state index in [0.717, 1.165) is 16.1 Å².